The Hall–Kier alpha value is -3.44. The average molecular weight is 435 g/mol. The maximum Gasteiger partial charge on any atom is 0.278 e. The fourth-order valence-electron chi connectivity index (χ4n) is 3.41. The monoisotopic (exact) mass is 434 g/mol. The molecule has 31 heavy (non-hydrogen) atoms. The summed E-state index contributed by atoms with van der Waals surface area (Å²) in [6, 6.07) is 18.5. The molecule has 2 amide bonds. The molecule has 4 rings (SSSR count). The summed E-state index contributed by atoms with van der Waals surface area (Å²) in [6.07, 6.45) is 0. The number of hydrogen-bond donors (Lipinski definition) is 1. The molecular weight excluding hydrogens is 415 g/mol. The summed E-state index contributed by atoms with van der Waals surface area (Å²) in [5, 5.41) is 3.61. The summed E-state index contributed by atoms with van der Waals surface area (Å²) in [5.41, 5.74) is 4.22. The molecule has 1 N–H and O–H groups in total. The highest BCUT2D eigenvalue weighted by Gasteiger charge is 2.39. The standard InChI is InChI=1S/C25H20ClFN2O2/c1-15-3-6-17(7-4-15)14-29-24(30)22(18-8-10-19(27)11-9-18)23(25(29)31)28-20-12-5-16(2)21(26)13-20/h3-13,28H,14H2,1-2H3. The summed E-state index contributed by atoms with van der Waals surface area (Å²) < 4.78 is 13.5. The summed E-state index contributed by atoms with van der Waals surface area (Å²) in [5.74, 6) is -1.29. The quantitative estimate of drug-likeness (QED) is 0.540. The number of nitrogens with zero attached hydrogens (tertiary/aromatic N) is 1. The molecule has 0 radical (unpaired) electrons. The number of benzene rings is 3. The van der Waals surface area contributed by atoms with E-state index in [2.05, 4.69) is 5.32 Å². The maximum absolute atomic E-state index is 13.5. The van der Waals surface area contributed by atoms with E-state index in [9.17, 15) is 14.0 Å². The summed E-state index contributed by atoms with van der Waals surface area (Å²) in [4.78, 5) is 27.7. The highest BCUT2D eigenvalue weighted by atomic mass is 35.5. The molecule has 0 bridgehead atoms. The number of rotatable bonds is 5. The Bertz CT molecular complexity index is 1200. The molecule has 0 fully saturated rings. The van der Waals surface area contributed by atoms with Crippen molar-refractivity contribution in [3.8, 4) is 0 Å². The minimum Gasteiger partial charge on any atom is -0.350 e. The zero-order chi connectivity index (χ0) is 22.1. The van der Waals surface area contributed by atoms with E-state index in [0.717, 1.165) is 16.7 Å². The van der Waals surface area contributed by atoms with Gasteiger partial charge in [-0.1, -0.05) is 59.6 Å². The van der Waals surface area contributed by atoms with Crippen molar-refractivity contribution in [2.75, 3.05) is 5.32 Å². The predicted molar refractivity (Wildman–Crippen MR) is 120 cm³/mol. The summed E-state index contributed by atoms with van der Waals surface area (Å²) >= 11 is 6.22. The zero-order valence-electron chi connectivity index (χ0n) is 17.1. The Morgan fingerprint density at radius 2 is 1.58 bits per heavy atom. The maximum atomic E-state index is 13.5. The van der Waals surface area contributed by atoms with Crippen molar-refractivity contribution >= 4 is 34.7 Å². The van der Waals surface area contributed by atoms with Crippen LogP contribution < -0.4 is 5.32 Å². The van der Waals surface area contributed by atoms with Crippen molar-refractivity contribution in [3.63, 3.8) is 0 Å². The lowest BCUT2D eigenvalue weighted by Crippen LogP contribution is -2.32. The van der Waals surface area contributed by atoms with Gasteiger partial charge in [0.2, 0.25) is 0 Å². The van der Waals surface area contributed by atoms with Gasteiger partial charge in [0.15, 0.2) is 0 Å². The SMILES string of the molecule is Cc1ccc(CN2C(=O)C(Nc3ccc(C)c(Cl)c3)=C(c3ccc(F)cc3)C2=O)cc1. The van der Waals surface area contributed by atoms with E-state index < -0.39 is 17.6 Å². The van der Waals surface area contributed by atoms with Gasteiger partial charge in [-0.25, -0.2) is 4.39 Å². The van der Waals surface area contributed by atoms with Gasteiger partial charge in [0.1, 0.15) is 11.5 Å². The lowest BCUT2D eigenvalue weighted by atomic mass is 10.0. The highest BCUT2D eigenvalue weighted by Crippen LogP contribution is 2.32. The van der Waals surface area contributed by atoms with Crippen LogP contribution in [0.5, 0.6) is 0 Å². The van der Waals surface area contributed by atoms with Crippen molar-refractivity contribution in [3.05, 3.63) is 106 Å². The van der Waals surface area contributed by atoms with Crippen molar-refractivity contribution in [2.24, 2.45) is 0 Å². The predicted octanol–water partition coefficient (Wildman–Crippen LogP) is 5.49. The van der Waals surface area contributed by atoms with Gasteiger partial charge in [0.25, 0.3) is 11.8 Å². The lowest BCUT2D eigenvalue weighted by molar-refractivity contribution is -0.137. The molecule has 1 heterocycles. The fourth-order valence-corrected chi connectivity index (χ4v) is 3.59. The fraction of sp³-hybridized carbons (Fsp3) is 0.120. The number of amides is 2. The smallest absolute Gasteiger partial charge is 0.278 e. The minimum absolute atomic E-state index is 0.141. The van der Waals surface area contributed by atoms with Crippen molar-refractivity contribution in [1.82, 2.24) is 4.90 Å². The number of carbonyl (C=O) groups is 2. The van der Waals surface area contributed by atoms with Crippen LogP contribution in [0.2, 0.25) is 5.02 Å². The van der Waals surface area contributed by atoms with Crippen molar-refractivity contribution in [2.45, 2.75) is 20.4 Å². The number of aryl methyl sites for hydroxylation is 2. The first kappa shape index (κ1) is 20.8. The van der Waals surface area contributed by atoms with Gasteiger partial charge in [-0.05, 0) is 54.8 Å². The molecule has 156 valence electrons. The molecule has 0 unspecified atom stereocenters. The zero-order valence-corrected chi connectivity index (χ0v) is 17.8. The van der Waals surface area contributed by atoms with Crippen molar-refractivity contribution < 1.29 is 14.0 Å². The largest absolute Gasteiger partial charge is 0.350 e. The number of imide groups is 1. The Morgan fingerprint density at radius 1 is 0.903 bits per heavy atom. The Balaban J connectivity index is 1.74. The number of halogens is 2. The summed E-state index contributed by atoms with van der Waals surface area (Å²) in [6.45, 7) is 3.99. The molecule has 1 aliphatic heterocycles. The third-order valence-electron chi connectivity index (χ3n) is 5.20. The lowest BCUT2D eigenvalue weighted by Gasteiger charge is -2.16. The topological polar surface area (TPSA) is 49.4 Å². The summed E-state index contributed by atoms with van der Waals surface area (Å²) in [7, 11) is 0. The van der Waals surface area contributed by atoms with Crippen LogP contribution in [-0.2, 0) is 16.1 Å². The molecule has 0 saturated carbocycles. The van der Waals surface area contributed by atoms with Crippen LogP contribution in [0.3, 0.4) is 0 Å². The van der Waals surface area contributed by atoms with Crippen LogP contribution >= 0.6 is 11.6 Å². The van der Waals surface area contributed by atoms with E-state index in [4.69, 9.17) is 11.6 Å². The third kappa shape index (κ3) is 4.23. The number of nitrogens with one attached hydrogen (secondary N) is 1. The molecule has 0 spiro atoms. The van der Waals surface area contributed by atoms with Gasteiger partial charge in [-0.3, -0.25) is 14.5 Å². The van der Waals surface area contributed by atoms with Crippen LogP contribution in [0, 0.1) is 19.7 Å². The van der Waals surface area contributed by atoms with E-state index in [1.54, 1.807) is 12.1 Å². The van der Waals surface area contributed by atoms with Gasteiger partial charge in [-0.2, -0.15) is 0 Å². The van der Waals surface area contributed by atoms with Crippen molar-refractivity contribution in [1.29, 1.82) is 0 Å². The average Bonchev–Trinajstić information content (AvgIpc) is 2.97. The normalized spacial score (nSPS) is 13.9. The second-order valence-corrected chi connectivity index (χ2v) is 7.94. The molecule has 1 aliphatic rings. The van der Waals surface area contributed by atoms with Gasteiger partial charge >= 0.3 is 0 Å². The number of anilines is 1. The van der Waals surface area contributed by atoms with E-state index >= 15 is 0 Å². The number of hydrogen-bond acceptors (Lipinski definition) is 3. The number of carbonyl (C=O) groups excluding carboxylic acids is 2. The van der Waals surface area contributed by atoms with Crippen LogP contribution in [0.4, 0.5) is 10.1 Å². The molecule has 4 nitrogen and oxygen atoms in total. The van der Waals surface area contributed by atoms with Gasteiger partial charge in [0, 0.05) is 10.7 Å². The first-order chi connectivity index (χ1) is 14.8. The van der Waals surface area contributed by atoms with E-state index in [1.165, 1.54) is 29.2 Å². The van der Waals surface area contributed by atoms with Crippen LogP contribution in [0.1, 0.15) is 22.3 Å². The van der Waals surface area contributed by atoms with Gasteiger partial charge in [0.05, 0.1) is 12.1 Å². The molecule has 3 aromatic rings. The molecule has 0 aliphatic carbocycles. The third-order valence-corrected chi connectivity index (χ3v) is 5.61. The molecule has 0 saturated heterocycles. The minimum atomic E-state index is -0.443. The van der Waals surface area contributed by atoms with Gasteiger partial charge in [-0.15, -0.1) is 0 Å². The molecule has 0 aromatic heterocycles. The van der Waals surface area contributed by atoms with E-state index in [1.807, 2.05) is 44.2 Å². The van der Waals surface area contributed by atoms with Gasteiger partial charge < -0.3 is 5.32 Å². The second kappa shape index (κ2) is 8.36. The van der Waals surface area contributed by atoms with Crippen LogP contribution in [0.15, 0.2) is 72.4 Å². The Labute approximate surface area is 185 Å². The molecule has 6 heteroatoms. The molecular formula is C25H20ClFN2O2. The highest BCUT2D eigenvalue weighted by molar-refractivity contribution is 6.36. The molecule has 0 atom stereocenters. The Kier molecular flexibility index (Phi) is 5.61. The first-order valence-corrected chi connectivity index (χ1v) is 10.2. The molecule has 3 aromatic carbocycles. The Morgan fingerprint density at radius 3 is 2.23 bits per heavy atom. The van der Waals surface area contributed by atoms with Crippen LogP contribution in [-0.4, -0.2) is 16.7 Å². The van der Waals surface area contributed by atoms with Crippen LogP contribution in [0.25, 0.3) is 5.57 Å². The first-order valence-electron chi connectivity index (χ1n) is 9.78. The van der Waals surface area contributed by atoms with E-state index in [0.29, 0.717) is 16.3 Å². The second-order valence-electron chi connectivity index (χ2n) is 7.53. The van der Waals surface area contributed by atoms with E-state index in [-0.39, 0.29) is 17.8 Å².